The highest BCUT2D eigenvalue weighted by molar-refractivity contribution is 7.15. The van der Waals surface area contributed by atoms with Gasteiger partial charge < -0.3 is 10.5 Å². The molecular formula is C12H22N4OS. The van der Waals surface area contributed by atoms with Crippen molar-refractivity contribution < 1.29 is 4.74 Å². The quantitative estimate of drug-likeness (QED) is 0.778. The van der Waals surface area contributed by atoms with E-state index in [1.807, 2.05) is 13.1 Å². The summed E-state index contributed by atoms with van der Waals surface area (Å²) in [4.78, 5) is 10.3. The maximum Gasteiger partial charge on any atom is 0.180 e. The van der Waals surface area contributed by atoms with Crippen LogP contribution in [-0.2, 0) is 11.3 Å². The van der Waals surface area contributed by atoms with Gasteiger partial charge in [0.1, 0.15) is 0 Å². The number of anilines is 1. The van der Waals surface area contributed by atoms with Crippen molar-refractivity contribution in [3.63, 3.8) is 0 Å². The van der Waals surface area contributed by atoms with E-state index >= 15 is 0 Å². The third-order valence-electron chi connectivity index (χ3n) is 3.17. The number of aromatic nitrogens is 1. The van der Waals surface area contributed by atoms with Gasteiger partial charge in [0.05, 0.1) is 6.61 Å². The van der Waals surface area contributed by atoms with Gasteiger partial charge in [-0.1, -0.05) is 0 Å². The lowest BCUT2D eigenvalue weighted by molar-refractivity contribution is 0.0789. The van der Waals surface area contributed by atoms with E-state index in [0.717, 1.165) is 52.5 Å². The molecule has 102 valence electrons. The van der Waals surface area contributed by atoms with E-state index < -0.39 is 0 Å². The van der Waals surface area contributed by atoms with Gasteiger partial charge in [0.15, 0.2) is 5.13 Å². The second kappa shape index (κ2) is 7.04. The summed E-state index contributed by atoms with van der Waals surface area (Å²) in [7, 11) is 0. The lowest BCUT2D eigenvalue weighted by Crippen LogP contribution is -2.46. The zero-order valence-electron chi connectivity index (χ0n) is 11.0. The Morgan fingerprint density at radius 1 is 1.33 bits per heavy atom. The molecule has 0 amide bonds. The Kier molecular flexibility index (Phi) is 5.37. The van der Waals surface area contributed by atoms with E-state index in [4.69, 9.17) is 10.5 Å². The first kappa shape index (κ1) is 13.7. The largest absolute Gasteiger partial charge is 0.380 e. The van der Waals surface area contributed by atoms with Gasteiger partial charge in [-0.3, -0.25) is 9.80 Å². The number of rotatable bonds is 6. The molecule has 0 saturated carbocycles. The molecule has 1 aliphatic heterocycles. The molecule has 0 aliphatic carbocycles. The maximum absolute atomic E-state index is 5.64. The summed E-state index contributed by atoms with van der Waals surface area (Å²) in [6.07, 6.45) is 1.89. The number of hydrogen-bond acceptors (Lipinski definition) is 6. The fourth-order valence-corrected chi connectivity index (χ4v) is 2.85. The molecule has 0 bridgehead atoms. The van der Waals surface area contributed by atoms with Gasteiger partial charge in [-0.2, -0.15) is 0 Å². The summed E-state index contributed by atoms with van der Waals surface area (Å²) >= 11 is 1.59. The fraction of sp³-hybridized carbons (Fsp3) is 0.750. The minimum Gasteiger partial charge on any atom is -0.380 e. The zero-order valence-corrected chi connectivity index (χ0v) is 11.8. The predicted molar refractivity (Wildman–Crippen MR) is 74.7 cm³/mol. The van der Waals surface area contributed by atoms with E-state index in [-0.39, 0.29) is 0 Å². The number of hydrogen-bond donors (Lipinski definition) is 1. The Labute approximate surface area is 113 Å². The Hall–Kier alpha value is -0.690. The number of nitrogens with two attached hydrogens (primary N) is 1. The molecule has 18 heavy (non-hydrogen) atoms. The van der Waals surface area contributed by atoms with Crippen molar-refractivity contribution in [3.8, 4) is 0 Å². The van der Waals surface area contributed by atoms with Gasteiger partial charge >= 0.3 is 0 Å². The SMILES string of the molecule is CCOCCN1CCN(Cc2cnc(N)s2)CC1. The van der Waals surface area contributed by atoms with Crippen LogP contribution in [0.4, 0.5) is 5.13 Å². The molecule has 2 rings (SSSR count). The van der Waals surface area contributed by atoms with Crippen LogP contribution in [0.15, 0.2) is 6.20 Å². The fourth-order valence-electron chi connectivity index (χ4n) is 2.13. The number of nitrogens with zero attached hydrogens (tertiary/aromatic N) is 3. The summed E-state index contributed by atoms with van der Waals surface area (Å²) in [5.41, 5.74) is 5.64. The molecular weight excluding hydrogens is 248 g/mol. The van der Waals surface area contributed by atoms with Crippen molar-refractivity contribution in [1.82, 2.24) is 14.8 Å². The summed E-state index contributed by atoms with van der Waals surface area (Å²) in [5.74, 6) is 0. The average Bonchev–Trinajstić information content (AvgIpc) is 2.77. The number of piperazine rings is 1. The number of thiazole rings is 1. The monoisotopic (exact) mass is 270 g/mol. The molecule has 1 saturated heterocycles. The molecule has 5 nitrogen and oxygen atoms in total. The van der Waals surface area contributed by atoms with Crippen molar-refractivity contribution in [2.45, 2.75) is 13.5 Å². The van der Waals surface area contributed by atoms with Crippen LogP contribution in [0.1, 0.15) is 11.8 Å². The van der Waals surface area contributed by atoms with Gasteiger partial charge in [0.25, 0.3) is 0 Å². The number of ether oxygens (including phenoxy) is 1. The second-order valence-electron chi connectivity index (χ2n) is 4.48. The lowest BCUT2D eigenvalue weighted by atomic mass is 10.3. The van der Waals surface area contributed by atoms with Crippen LogP contribution in [-0.4, -0.2) is 60.7 Å². The van der Waals surface area contributed by atoms with Crippen molar-refractivity contribution in [2.24, 2.45) is 0 Å². The number of nitrogen functional groups attached to an aromatic ring is 1. The molecule has 0 radical (unpaired) electrons. The van der Waals surface area contributed by atoms with Crippen molar-refractivity contribution >= 4 is 16.5 Å². The topological polar surface area (TPSA) is 54.6 Å². The van der Waals surface area contributed by atoms with Gasteiger partial charge in [-0.25, -0.2) is 4.98 Å². The van der Waals surface area contributed by atoms with Crippen LogP contribution in [0, 0.1) is 0 Å². The van der Waals surface area contributed by atoms with Crippen LogP contribution in [0.2, 0.25) is 0 Å². The molecule has 6 heteroatoms. The smallest absolute Gasteiger partial charge is 0.180 e. The molecule has 1 fully saturated rings. The van der Waals surface area contributed by atoms with Crippen LogP contribution in [0.25, 0.3) is 0 Å². The van der Waals surface area contributed by atoms with E-state index in [1.54, 1.807) is 11.3 Å². The third kappa shape index (κ3) is 4.20. The molecule has 0 atom stereocenters. The zero-order chi connectivity index (χ0) is 12.8. The molecule has 1 aromatic heterocycles. The normalized spacial score (nSPS) is 18.3. The molecule has 0 spiro atoms. The Bertz CT molecular complexity index is 350. The second-order valence-corrected chi connectivity index (χ2v) is 5.63. The van der Waals surface area contributed by atoms with E-state index in [0.29, 0.717) is 5.13 Å². The van der Waals surface area contributed by atoms with Gasteiger partial charge in [0.2, 0.25) is 0 Å². The van der Waals surface area contributed by atoms with Crippen LogP contribution >= 0.6 is 11.3 Å². The van der Waals surface area contributed by atoms with E-state index in [2.05, 4.69) is 14.8 Å². The van der Waals surface area contributed by atoms with E-state index in [9.17, 15) is 0 Å². The van der Waals surface area contributed by atoms with Crippen LogP contribution in [0.5, 0.6) is 0 Å². The first-order chi connectivity index (χ1) is 8.78. The average molecular weight is 270 g/mol. The molecule has 2 heterocycles. The van der Waals surface area contributed by atoms with Crippen molar-refractivity contribution in [3.05, 3.63) is 11.1 Å². The first-order valence-electron chi connectivity index (χ1n) is 6.50. The highest BCUT2D eigenvalue weighted by Crippen LogP contribution is 2.17. The van der Waals surface area contributed by atoms with Crippen molar-refractivity contribution in [2.75, 3.05) is 51.7 Å². The van der Waals surface area contributed by atoms with Gasteiger partial charge in [-0.05, 0) is 6.92 Å². The Morgan fingerprint density at radius 2 is 2.06 bits per heavy atom. The third-order valence-corrected chi connectivity index (χ3v) is 3.98. The van der Waals surface area contributed by atoms with Crippen molar-refractivity contribution in [1.29, 1.82) is 0 Å². The summed E-state index contributed by atoms with van der Waals surface area (Å²) in [5, 5.41) is 0.667. The molecule has 1 aromatic rings. The molecule has 0 unspecified atom stereocenters. The predicted octanol–water partition coefficient (Wildman–Crippen LogP) is 0.879. The Balaban J connectivity index is 1.67. The first-order valence-corrected chi connectivity index (χ1v) is 7.32. The van der Waals surface area contributed by atoms with Gasteiger partial charge in [-0.15, -0.1) is 11.3 Å². The Morgan fingerprint density at radius 3 is 2.67 bits per heavy atom. The van der Waals surface area contributed by atoms with Gasteiger partial charge in [0, 0.05) is 56.9 Å². The maximum atomic E-state index is 5.64. The molecule has 2 N–H and O–H groups in total. The van der Waals surface area contributed by atoms with E-state index in [1.165, 1.54) is 4.88 Å². The summed E-state index contributed by atoms with van der Waals surface area (Å²) in [6.45, 7) is 10.2. The van der Waals surface area contributed by atoms with Crippen LogP contribution in [0.3, 0.4) is 0 Å². The highest BCUT2D eigenvalue weighted by Gasteiger charge is 2.17. The lowest BCUT2D eigenvalue weighted by Gasteiger charge is -2.34. The summed E-state index contributed by atoms with van der Waals surface area (Å²) < 4.78 is 5.39. The minimum atomic E-state index is 0.667. The standard InChI is InChI=1S/C12H22N4OS/c1-2-17-8-7-15-3-5-16(6-4-15)10-11-9-14-12(13)18-11/h9H,2-8,10H2,1H3,(H2,13,14). The minimum absolute atomic E-state index is 0.667. The molecule has 0 aromatic carbocycles. The molecule has 1 aliphatic rings. The van der Waals surface area contributed by atoms with Crippen LogP contribution < -0.4 is 5.73 Å². The summed E-state index contributed by atoms with van der Waals surface area (Å²) in [6, 6.07) is 0. The highest BCUT2D eigenvalue weighted by atomic mass is 32.1.